The van der Waals surface area contributed by atoms with Crippen molar-refractivity contribution in [3.8, 4) is 0 Å². The molecule has 3 atom stereocenters. The first-order valence-electron chi connectivity index (χ1n) is 8.39. The van der Waals surface area contributed by atoms with E-state index in [1.165, 1.54) is 11.9 Å². The Bertz CT molecular complexity index is 586. The second-order valence-corrected chi connectivity index (χ2v) is 6.40. The smallest absolute Gasteiger partial charge is 0.323 e. The summed E-state index contributed by atoms with van der Waals surface area (Å²) in [5.41, 5.74) is 3.69. The van der Waals surface area contributed by atoms with Crippen LogP contribution in [-0.4, -0.2) is 81.0 Å². The third-order valence-electron chi connectivity index (χ3n) is 4.25. The second kappa shape index (κ2) is 10.5. The molecule has 1 aliphatic heterocycles. The van der Waals surface area contributed by atoms with E-state index in [0.29, 0.717) is 18.7 Å². The molecule has 27 heavy (non-hydrogen) atoms. The summed E-state index contributed by atoms with van der Waals surface area (Å²) in [6.45, 7) is 4.48. The lowest BCUT2D eigenvalue weighted by Crippen LogP contribution is -2.41. The van der Waals surface area contributed by atoms with Gasteiger partial charge in [-0.3, -0.25) is 9.69 Å². The first-order chi connectivity index (χ1) is 13.0. The lowest BCUT2D eigenvalue weighted by atomic mass is 10.1. The summed E-state index contributed by atoms with van der Waals surface area (Å²) in [6.07, 6.45) is 1.57. The Hall–Kier alpha value is -1.87. The highest BCUT2D eigenvalue weighted by atomic mass is 17.5. The van der Waals surface area contributed by atoms with Crippen molar-refractivity contribution < 1.29 is 39.9 Å². The molecule has 2 rings (SSSR count). The highest BCUT2D eigenvalue weighted by Crippen LogP contribution is 2.22. The molecule has 0 radical (unpaired) electrons. The van der Waals surface area contributed by atoms with Crippen molar-refractivity contribution in [3.05, 3.63) is 11.9 Å². The Morgan fingerprint density at radius 1 is 1.41 bits per heavy atom. The molecule has 1 aromatic heterocycles. The molecule has 1 fully saturated rings. The van der Waals surface area contributed by atoms with E-state index in [-0.39, 0.29) is 37.1 Å². The molecule has 13 nitrogen and oxygen atoms in total. The number of carbonyl (C=O) groups excluding carboxylic acids is 1. The summed E-state index contributed by atoms with van der Waals surface area (Å²) >= 11 is 0. The fourth-order valence-electron chi connectivity index (χ4n) is 3.06. The van der Waals surface area contributed by atoms with Gasteiger partial charge in [0.1, 0.15) is 18.8 Å². The van der Waals surface area contributed by atoms with Crippen LogP contribution in [0.2, 0.25) is 0 Å². The molecule has 0 aromatic carbocycles. The fourth-order valence-corrected chi connectivity index (χ4v) is 3.06. The summed E-state index contributed by atoms with van der Waals surface area (Å²) in [6, 6.07) is -0.145. The summed E-state index contributed by atoms with van der Waals surface area (Å²) in [5.74, 6) is -0.262. The zero-order valence-corrected chi connectivity index (χ0v) is 15.3. The van der Waals surface area contributed by atoms with Crippen molar-refractivity contribution >= 4 is 5.97 Å². The molecule has 1 saturated heterocycles. The van der Waals surface area contributed by atoms with Crippen LogP contribution < -0.4 is 5.43 Å². The van der Waals surface area contributed by atoms with Crippen molar-refractivity contribution in [2.24, 2.45) is 0 Å². The average molecular weight is 391 g/mol. The van der Waals surface area contributed by atoms with Gasteiger partial charge in [0.25, 0.3) is 0 Å². The fraction of sp³-hybridized carbons (Fsp3) is 0.786. The lowest BCUT2D eigenvalue weighted by Gasteiger charge is -2.25. The van der Waals surface area contributed by atoms with E-state index < -0.39 is 6.10 Å². The van der Waals surface area contributed by atoms with Crippen LogP contribution in [0, 0.1) is 0 Å². The van der Waals surface area contributed by atoms with Gasteiger partial charge in [-0.15, -0.1) is 5.10 Å². The summed E-state index contributed by atoms with van der Waals surface area (Å²) < 4.78 is 4.89. The minimum atomic E-state index is -0.793. The third kappa shape index (κ3) is 6.07. The van der Waals surface area contributed by atoms with Crippen molar-refractivity contribution in [3.63, 3.8) is 0 Å². The van der Waals surface area contributed by atoms with Crippen LogP contribution in [-0.2, 0) is 35.8 Å². The number of nitrogens with one attached hydrogen (secondary N) is 1. The van der Waals surface area contributed by atoms with E-state index in [2.05, 4.69) is 40.5 Å². The minimum Gasteiger partial charge on any atom is -0.468 e. The van der Waals surface area contributed by atoms with Crippen LogP contribution in [0.1, 0.15) is 26.0 Å². The maximum absolute atomic E-state index is 12.0. The van der Waals surface area contributed by atoms with Crippen molar-refractivity contribution in [1.82, 2.24) is 20.0 Å². The van der Waals surface area contributed by atoms with E-state index in [4.69, 9.17) is 15.3 Å². The lowest BCUT2D eigenvalue weighted by molar-refractivity contribution is -0.532. The number of hydrogen-bond donors (Lipinski definition) is 3. The Labute approximate surface area is 155 Å². The molecule has 0 amide bonds. The zero-order valence-electron chi connectivity index (χ0n) is 15.3. The Morgan fingerprint density at radius 3 is 2.81 bits per heavy atom. The van der Waals surface area contributed by atoms with Crippen molar-refractivity contribution in [1.29, 1.82) is 0 Å². The van der Waals surface area contributed by atoms with Crippen LogP contribution in [0.3, 0.4) is 0 Å². The van der Waals surface area contributed by atoms with Gasteiger partial charge >= 0.3 is 5.97 Å². The number of aromatic nitrogens is 3. The molecule has 0 bridgehead atoms. The zero-order chi connectivity index (χ0) is 19.8. The molecule has 154 valence electrons. The topological polar surface area (TPSA) is 150 Å². The third-order valence-corrected chi connectivity index (χ3v) is 4.25. The van der Waals surface area contributed by atoms with Crippen LogP contribution in [0.25, 0.3) is 0 Å². The molecule has 0 aliphatic carbocycles. The van der Waals surface area contributed by atoms with Crippen molar-refractivity contribution in [2.45, 2.75) is 50.9 Å². The monoisotopic (exact) mass is 391 g/mol. The van der Waals surface area contributed by atoms with Crippen LogP contribution in [0.4, 0.5) is 0 Å². The van der Waals surface area contributed by atoms with Gasteiger partial charge in [0.15, 0.2) is 0 Å². The van der Waals surface area contributed by atoms with Crippen LogP contribution in [0.5, 0.6) is 0 Å². The number of rotatable bonds is 11. The minimum absolute atomic E-state index is 0.0232. The summed E-state index contributed by atoms with van der Waals surface area (Å²) in [5, 5.41) is 31.7. The largest absolute Gasteiger partial charge is 0.468 e. The average Bonchev–Trinajstić information content (AvgIpc) is 3.26. The van der Waals surface area contributed by atoms with E-state index in [0.717, 1.165) is 0 Å². The molecule has 0 spiro atoms. The summed E-state index contributed by atoms with van der Waals surface area (Å²) in [7, 11) is 1.38. The van der Waals surface area contributed by atoms with E-state index in [1.807, 2.05) is 13.8 Å². The van der Waals surface area contributed by atoms with E-state index in [1.54, 1.807) is 6.20 Å². The standard InChI is InChI=1S/C14H25N5O8/c1-9(2)18-6-11(5-13(18)14(20)23-3)16-19-7-10(15-17-19)4-12(25-27-22)8-24-26-21/h7,9,11-13,16,21-22H,4-6,8H2,1-3H3/t11-,12?,13+/m1/s1. The van der Waals surface area contributed by atoms with Gasteiger partial charge < -0.3 is 10.2 Å². The van der Waals surface area contributed by atoms with Gasteiger partial charge in [-0.2, -0.15) is 4.79 Å². The molecular weight excluding hydrogens is 366 g/mol. The van der Waals surface area contributed by atoms with Crippen LogP contribution in [0.15, 0.2) is 6.20 Å². The Morgan fingerprint density at radius 2 is 2.19 bits per heavy atom. The number of hydrogen-bond acceptors (Lipinski definition) is 12. The second-order valence-electron chi connectivity index (χ2n) is 6.40. The Kier molecular flexibility index (Phi) is 8.30. The van der Waals surface area contributed by atoms with Crippen molar-refractivity contribution in [2.75, 3.05) is 25.7 Å². The van der Waals surface area contributed by atoms with E-state index >= 15 is 0 Å². The van der Waals surface area contributed by atoms with E-state index in [9.17, 15) is 4.79 Å². The van der Waals surface area contributed by atoms with Gasteiger partial charge in [0, 0.05) is 19.0 Å². The molecule has 2 heterocycles. The summed E-state index contributed by atoms with van der Waals surface area (Å²) in [4.78, 5) is 24.4. The number of likely N-dealkylation sites (tertiary alicyclic amines) is 1. The van der Waals surface area contributed by atoms with Gasteiger partial charge in [-0.05, 0) is 25.5 Å². The first kappa shape index (κ1) is 21.4. The molecule has 1 aliphatic rings. The van der Waals surface area contributed by atoms with Crippen LogP contribution >= 0.6 is 0 Å². The predicted octanol–water partition coefficient (Wildman–Crippen LogP) is -0.401. The molecular formula is C14H25N5O8. The number of esters is 1. The number of ether oxygens (including phenoxy) is 1. The van der Waals surface area contributed by atoms with Gasteiger partial charge in [-0.25, -0.2) is 20.3 Å². The van der Waals surface area contributed by atoms with Gasteiger partial charge in [0.2, 0.25) is 0 Å². The molecule has 13 heteroatoms. The predicted molar refractivity (Wildman–Crippen MR) is 87.4 cm³/mol. The maximum Gasteiger partial charge on any atom is 0.323 e. The normalized spacial score (nSPS) is 21.6. The maximum atomic E-state index is 12.0. The molecule has 1 aromatic rings. The number of nitrogens with zero attached hydrogens (tertiary/aromatic N) is 4. The number of methoxy groups -OCH3 is 1. The molecule has 1 unspecified atom stereocenters. The quantitative estimate of drug-likeness (QED) is 0.256. The first-order valence-corrected chi connectivity index (χ1v) is 8.39. The highest BCUT2D eigenvalue weighted by Gasteiger charge is 2.39. The Balaban J connectivity index is 1.93. The number of carbonyl (C=O) groups is 1. The van der Waals surface area contributed by atoms with Gasteiger partial charge in [-0.1, -0.05) is 10.1 Å². The van der Waals surface area contributed by atoms with Gasteiger partial charge in [0.05, 0.1) is 25.0 Å². The SMILES string of the molecule is COC(=O)[C@@H]1C[C@@H](Nn2cc(CC(COOO)OOO)nn2)CN1C(C)C. The molecule has 3 N–H and O–H groups in total. The molecule has 0 saturated carbocycles. The highest BCUT2D eigenvalue weighted by molar-refractivity contribution is 5.76.